The van der Waals surface area contributed by atoms with Crippen LogP contribution in [-0.2, 0) is 17.6 Å². The SMILES string of the molecule is N#Cc1ccc(N2CC[C@@]3(CCc4cc(C(=O)NO)ccc4C3)C2=O)cc1. The molecule has 0 saturated carbocycles. The number of hydroxylamine groups is 1. The lowest BCUT2D eigenvalue weighted by Crippen LogP contribution is -2.38. The van der Waals surface area contributed by atoms with E-state index in [0.29, 0.717) is 24.1 Å². The van der Waals surface area contributed by atoms with Crippen LogP contribution in [-0.4, -0.2) is 23.6 Å². The molecule has 4 rings (SSSR count). The number of carbonyl (C=O) groups excluding carboxylic acids is 2. The Morgan fingerprint density at radius 3 is 2.63 bits per heavy atom. The number of hydrogen-bond donors (Lipinski definition) is 2. The van der Waals surface area contributed by atoms with Gasteiger partial charge in [-0.15, -0.1) is 0 Å². The molecule has 0 aromatic heterocycles. The Kier molecular flexibility index (Phi) is 4.17. The van der Waals surface area contributed by atoms with E-state index < -0.39 is 11.3 Å². The molecule has 1 aliphatic heterocycles. The predicted octanol–water partition coefficient (Wildman–Crippen LogP) is 2.59. The summed E-state index contributed by atoms with van der Waals surface area (Å²) in [5.74, 6) is -0.392. The number of amides is 2. The van der Waals surface area contributed by atoms with Crippen molar-refractivity contribution in [3.05, 3.63) is 64.7 Å². The molecule has 1 saturated heterocycles. The van der Waals surface area contributed by atoms with Gasteiger partial charge in [-0.1, -0.05) is 6.07 Å². The van der Waals surface area contributed by atoms with E-state index in [9.17, 15) is 9.59 Å². The first kappa shape index (κ1) is 17.3. The molecule has 1 spiro atoms. The second-order valence-corrected chi connectivity index (χ2v) is 7.25. The average molecular weight is 361 g/mol. The van der Waals surface area contributed by atoms with Gasteiger partial charge in [-0.25, -0.2) is 5.48 Å². The number of carbonyl (C=O) groups is 2. The molecule has 2 amide bonds. The lowest BCUT2D eigenvalue weighted by molar-refractivity contribution is -0.126. The molecule has 1 atom stereocenters. The number of benzene rings is 2. The van der Waals surface area contributed by atoms with Crippen molar-refractivity contribution in [1.82, 2.24) is 5.48 Å². The molecule has 0 bridgehead atoms. The van der Waals surface area contributed by atoms with E-state index in [4.69, 9.17) is 10.5 Å². The highest BCUT2D eigenvalue weighted by Gasteiger charge is 2.48. The van der Waals surface area contributed by atoms with Crippen LogP contribution in [0.4, 0.5) is 5.69 Å². The van der Waals surface area contributed by atoms with Gasteiger partial charge in [-0.2, -0.15) is 5.26 Å². The Hall–Kier alpha value is -3.17. The maximum absolute atomic E-state index is 13.2. The number of nitriles is 1. The van der Waals surface area contributed by atoms with Crippen molar-refractivity contribution in [2.24, 2.45) is 5.41 Å². The summed E-state index contributed by atoms with van der Waals surface area (Å²) in [4.78, 5) is 26.7. The molecular weight excluding hydrogens is 342 g/mol. The summed E-state index contributed by atoms with van der Waals surface area (Å²) in [5.41, 5.74) is 5.23. The van der Waals surface area contributed by atoms with E-state index in [1.165, 1.54) is 0 Å². The van der Waals surface area contributed by atoms with Crippen LogP contribution in [0.25, 0.3) is 0 Å². The Morgan fingerprint density at radius 2 is 1.93 bits per heavy atom. The lowest BCUT2D eigenvalue weighted by atomic mass is 9.70. The monoisotopic (exact) mass is 361 g/mol. The van der Waals surface area contributed by atoms with Gasteiger partial charge in [0, 0.05) is 17.8 Å². The van der Waals surface area contributed by atoms with Gasteiger partial charge in [-0.05, 0) is 73.2 Å². The van der Waals surface area contributed by atoms with Crippen LogP contribution in [0.5, 0.6) is 0 Å². The number of aryl methyl sites for hydroxylation is 1. The summed E-state index contributed by atoms with van der Waals surface area (Å²) in [6.07, 6.45) is 2.93. The Bertz CT molecular complexity index is 962. The zero-order valence-corrected chi connectivity index (χ0v) is 14.7. The molecule has 2 aliphatic rings. The number of anilines is 1. The highest BCUT2D eigenvalue weighted by Crippen LogP contribution is 2.45. The second kappa shape index (κ2) is 6.53. The summed E-state index contributed by atoms with van der Waals surface area (Å²) in [6, 6.07) is 14.6. The van der Waals surface area contributed by atoms with Crippen molar-refractivity contribution < 1.29 is 14.8 Å². The average Bonchev–Trinajstić information content (AvgIpc) is 3.02. The largest absolute Gasteiger partial charge is 0.312 e. The van der Waals surface area contributed by atoms with E-state index in [-0.39, 0.29) is 5.91 Å². The number of nitrogens with one attached hydrogen (secondary N) is 1. The van der Waals surface area contributed by atoms with Crippen molar-refractivity contribution in [2.45, 2.75) is 25.7 Å². The smallest absolute Gasteiger partial charge is 0.274 e. The van der Waals surface area contributed by atoms with Crippen molar-refractivity contribution in [3.63, 3.8) is 0 Å². The fourth-order valence-electron chi connectivity index (χ4n) is 4.24. The van der Waals surface area contributed by atoms with Crippen molar-refractivity contribution >= 4 is 17.5 Å². The molecule has 0 radical (unpaired) electrons. The number of rotatable bonds is 2. The van der Waals surface area contributed by atoms with Gasteiger partial charge in [0.05, 0.1) is 17.0 Å². The minimum absolute atomic E-state index is 0.134. The molecule has 2 aromatic rings. The molecule has 6 heteroatoms. The molecule has 6 nitrogen and oxygen atoms in total. The molecule has 0 unspecified atom stereocenters. The van der Waals surface area contributed by atoms with E-state index in [1.807, 2.05) is 23.1 Å². The Morgan fingerprint density at radius 1 is 1.15 bits per heavy atom. The van der Waals surface area contributed by atoms with Crippen molar-refractivity contribution in [1.29, 1.82) is 5.26 Å². The van der Waals surface area contributed by atoms with Gasteiger partial charge in [0.1, 0.15) is 0 Å². The number of fused-ring (bicyclic) bond motifs is 1. The van der Waals surface area contributed by atoms with Gasteiger partial charge in [-0.3, -0.25) is 14.8 Å². The van der Waals surface area contributed by atoms with Gasteiger partial charge < -0.3 is 4.90 Å². The molecule has 136 valence electrons. The molecule has 2 N–H and O–H groups in total. The molecule has 1 fully saturated rings. The van der Waals surface area contributed by atoms with Gasteiger partial charge in [0.2, 0.25) is 5.91 Å². The van der Waals surface area contributed by atoms with Crippen LogP contribution < -0.4 is 10.4 Å². The fourth-order valence-corrected chi connectivity index (χ4v) is 4.24. The molecule has 1 aliphatic carbocycles. The molecular formula is C21H19N3O3. The first-order valence-electron chi connectivity index (χ1n) is 8.95. The van der Waals surface area contributed by atoms with E-state index in [0.717, 1.165) is 36.1 Å². The minimum Gasteiger partial charge on any atom is -0.312 e. The van der Waals surface area contributed by atoms with E-state index >= 15 is 0 Å². The fraction of sp³-hybridized carbons (Fsp3) is 0.286. The summed E-state index contributed by atoms with van der Waals surface area (Å²) in [5, 5.41) is 17.7. The standard InChI is InChI=1S/C21H19N3O3/c22-13-14-1-5-18(6-2-14)24-10-9-21(20(24)26)8-7-15-11-16(19(25)23-27)3-4-17(15)12-21/h1-6,11,27H,7-10,12H2,(H,23,25)/t21-/m1/s1. The van der Waals surface area contributed by atoms with Crippen LogP contribution in [0.2, 0.25) is 0 Å². The van der Waals surface area contributed by atoms with Crippen LogP contribution in [0.3, 0.4) is 0 Å². The molecule has 27 heavy (non-hydrogen) atoms. The quantitative estimate of drug-likeness (QED) is 0.635. The summed E-state index contributed by atoms with van der Waals surface area (Å²) < 4.78 is 0. The van der Waals surface area contributed by atoms with Crippen LogP contribution in [0, 0.1) is 16.7 Å². The highest BCUT2D eigenvalue weighted by atomic mass is 16.5. The zero-order valence-electron chi connectivity index (χ0n) is 14.7. The second-order valence-electron chi connectivity index (χ2n) is 7.25. The maximum atomic E-state index is 13.2. The third-order valence-corrected chi connectivity index (χ3v) is 5.79. The Balaban J connectivity index is 1.58. The maximum Gasteiger partial charge on any atom is 0.274 e. The zero-order chi connectivity index (χ0) is 19.0. The molecule has 2 aromatic carbocycles. The Labute approximate surface area is 157 Å². The summed E-state index contributed by atoms with van der Waals surface area (Å²) in [6.45, 7) is 0.672. The third kappa shape index (κ3) is 2.86. The first-order valence-corrected chi connectivity index (χ1v) is 8.95. The third-order valence-electron chi connectivity index (χ3n) is 5.79. The first-order chi connectivity index (χ1) is 13.1. The number of hydrogen-bond acceptors (Lipinski definition) is 4. The van der Waals surface area contributed by atoms with Gasteiger partial charge in [0.25, 0.3) is 5.91 Å². The molecule has 1 heterocycles. The topological polar surface area (TPSA) is 93.4 Å². The summed E-state index contributed by atoms with van der Waals surface area (Å²) in [7, 11) is 0. The van der Waals surface area contributed by atoms with Crippen molar-refractivity contribution in [2.75, 3.05) is 11.4 Å². The van der Waals surface area contributed by atoms with Crippen LogP contribution >= 0.6 is 0 Å². The van der Waals surface area contributed by atoms with Crippen LogP contribution in [0.15, 0.2) is 42.5 Å². The lowest BCUT2D eigenvalue weighted by Gasteiger charge is -2.33. The van der Waals surface area contributed by atoms with E-state index in [1.54, 1.807) is 29.7 Å². The van der Waals surface area contributed by atoms with Gasteiger partial charge in [0.15, 0.2) is 0 Å². The summed E-state index contributed by atoms with van der Waals surface area (Å²) >= 11 is 0. The predicted molar refractivity (Wildman–Crippen MR) is 98.3 cm³/mol. The van der Waals surface area contributed by atoms with Gasteiger partial charge >= 0.3 is 0 Å². The van der Waals surface area contributed by atoms with Crippen molar-refractivity contribution in [3.8, 4) is 6.07 Å². The number of nitrogens with zero attached hydrogens (tertiary/aromatic N) is 2. The normalized spacial score (nSPS) is 21.0. The highest BCUT2D eigenvalue weighted by molar-refractivity contribution is 6.00. The van der Waals surface area contributed by atoms with Crippen LogP contribution in [0.1, 0.15) is 39.9 Å². The van der Waals surface area contributed by atoms with E-state index in [2.05, 4.69) is 6.07 Å². The minimum atomic E-state index is -0.526.